The minimum Gasteiger partial charge on any atom is -0.396 e. The predicted molar refractivity (Wildman–Crippen MR) is 71.3 cm³/mol. The van der Waals surface area contributed by atoms with Crippen molar-refractivity contribution in [1.82, 2.24) is 9.80 Å². The summed E-state index contributed by atoms with van der Waals surface area (Å²) >= 11 is 0. The molecule has 18 heavy (non-hydrogen) atoms. The number of amides is 1. The van der Waals surface area contributed by atoms with Gasteiger partial charge >= 0.3 is 0 Å². The highest BCUT2D eigenvalue weighted by Crippen LogP contribution is 2.19. The van der Waals surface area contributed by atoms with Crippen LogP contribution in [0.2, 0.25) is 0 Å². The van der Waals surface area contributed by atoms with Gasteiger partial charge in [0.1, 0.15) is 0 Å². The lowest BCUT2D eigenvalue weighted by Crippen LogP contribution is -2.39. The van der Waals surface area contributed by atoms with Crippen LogP contribution in [0.15, 0.2) is 0 Å². The molecule has 2 atom stereocenters. The quantitative estimate of drug-likeness (QED) is 0.799. The van der Waals surface area contributed by atoms with Crippen molar-refractivity contribution in [2.24, 2.45) is 5.92 Å². The van der Waals surface area contributed by atoms with E-state index in [1.165, 1.54) is 25.8 Å². The van der Waals surface area contributed by atoms with Gasteiger partial charge in [-0.1, -0.05) is 6.42 Å². The Balaban J connectivity index is 1.67. The second kappa shape index (κ2) is 6.53. The van der Waals surface area contributed by atoms with Crippen LogP contribution in [0.4, 0.5) is 0 Å². The van der Waals surface area contributed by atoms with E-state index in [2.05, 4.69) is 11.8 Å². The highest BCUT2D eigenvalue weighted by Gasteiger charge is 2.28. The Labute approximate surface area is 110 Å². The number of carbonyl (C=O) groups is 1. The first kappa shape index (κ1) is 13.8. The maximum absolute atomic E-state index is 11.7. The fourth-order valence-corrected chi connectivity index (χ4v) is 3.15. The molecule has 2 heterocycles. The third kappa shape index (κ3) is 3.45. The van der Waals surface area contributed by atoms with E-state index in [9.17, 15) is 4.79 Å². The van der Waals surface area contributed by atoms with Crippen LogP contribution in [0.25, 0.3) is 0 Å². The van der Waals surface area contributed by atoms with Crippen molar-refractivity contribution in [3.63, 3.8) is 0 Å². The van der Waals surface area contributed by atoms with Crippen molar-refractivity contribution in [1.29, 1.82) is 0 Å². The van der Waals surface area contributed by atoms with E-state index in [-0.39, 0.29) is 18.4 Å². The van der Waals surface area contributed by atoms with Gasteiger partial charge in [0.15, 0.2) is 0 Å². The molecule has 2 unspecified atom stereocenters. The van der Waals surface area contributed by atoms with E-state index < -0.39 is 0 Å². The minimum absolute atomic E-state index is 0.144. The molecule has 0 spiro atoms. The average molecular weight is 254 g/mol. The Morgan fingerprint density at radius 2 is 2.17 bits per heavy atom. The van der Waals surface area contributed by atoms with Crippen LogP contribution in [0.3, 0.4) is 0 Å². The topological polar surface area (TPSA) is 43.8 Å². The van der Waals surface area contributed by atoms with Gasteiger partial charge in [-0.3, -0.25) is 4.79 Å². The van der Waals surface area contributed by atoms with E-state index in [0.29, 0.717) is 12.5 Å². The lowest BCUT2D eigenvalue weighted by Gasteiger charge is -2.33. The Morgan fingerprint density at radius 3 is 2.83 bits per heavy atom. The number of carbonyl (C=O) groups excluding carboxylic acids is 1. The summed E-state index contributed by atoms with van der Waals surface area (Å²) in [5.74, 6) is 0.396. The molecule has 0 aromatic heterocycles. The highest BCUT2D eigenvalue weighted by atomic mass is 16.3. The van der Waals surface area contributed by atoms with Crippen molar-refractivity contribution >= 4 is 5.91 Å². The summed E-state index contributed by atoms with van der Waals surface area (Å²) in [6.07, 6.45) is 5.60. The fraction of sp³-hybridized carbons (Fsp3) is 0.929. The molecule has 0 radical (unpaired) electrons. The molecule has 4 heteroatoms. The zero-order valence-corrected chi connectivity index (χ0v) is 11.5. The van der Waals surface area contributed by atoms with Gasteiger partial charge in [-0.25, -0.2) is 0 Å². The molecule has 2 fully saturated rings. The lowest BCUT2D eigenvalue weighted by molar-refractivity contribution is -0.127. The Hall–Kier alpha value is -0.610. The molecule has 4 nitrogen and oxygen atoms in total. The van der Waals surface area contributed by atoms with Crippen LogP contribution >= 0.6 is 0 Å². The number of rotatable bonds is 5. The third-order valence-electron chi connectivity index (χ3n) is 4.37. The standard InChI is InChI=1S/C14H26N2O2/c1-12-5-2-3-6-15(12)7-4-8-16-10-13(11-17)9-14(16)18/h12-13,17H,2-11H2,1H3. The van der Waals surface area contributed by atoms with Crippen molar-refractivity contribution < 1.29 is 9.90 Å². The molecule has 2 saturated heterocycles. The molecule has 104 valence electrons. The van der Waals surface area contributed by atoms with Crippen molar-refractivity contribution in [3.8, 4) is 0 Å². The van der Waals surface area contributed by atoms with Crippen LogP contribution in [-0.4, -0.2) is 59.6 Å². The fourth-order valence-electron chi connectivity index (χ4n) is 3.15. The summed E-state index contributed by atoms with van der Waals surface area (Å²) < 4.78 is 0. The highest BCUT2D eigenvalue weighted by molar-refractivity contribution is 5.78. The predicted octanol–water partition coefficient (Wildman–Crippen LogP) is 1.09. The smallest absolute Gasteiger partial charge is 0.223 e. The van der Waals surface area contributed by atoms with E-state index in [4.69, 9.17) is 5.11 Å². The second-order valence-electron chi connectivity index (χ2n) is 5.83. The minimum atomic E-state index is 0.144. The van der Waals surface area contributed by atoms with Gasteiger partial charge in [-0.2, -0.15) is 0 Å². The molecule has 0 aromatic carbocycles. The lowest BCUT2D eigenvalue weighted by atomic mass is 10.0. The monoisotopic (exact) mass is 254 g/mol. The molecule has 0 bridgehead atoms. The Kier molecular flexibility index (Phi) is 5.01. The second-order valence-corrected chi connectivity index (χ2v) is 5.83. The third-order valence-corrected chi connectivity index (χ3v) is 4.37. The van der Waals surface area contributed by atoms with E-state index in [0.717, 1.165) is 26.1 Å². The van der Waals surface area contributed by atoms with Gasteiger partial charge in [0, 0.05) is 44.6 Å². The molecule has 1 amide bonds. The molecular weight excluding hydrogens is 228 g/mol. The normalized spacial score (nSPS) is 30.1. The maximum Gasteiger partial charge on any atom is 0.223 e. The molecule has 2 rings (SSSR count). The first-order chi connectivity index (χ1) is 8.70. The van der Waals surface area contributed by atoms with Gasteiger partial charge in [-0.05, 0) is 32.7 Å². The van der Waals surface area contributed by atoms with Crippen molar-refractivity contribution in [2.75, 3.05) is 32.8 Å². The number of aliphatic hydroxyl groups is 1. The maximum atomic E-state index is 11.7. The van der Waals surface area contributed by atoms with Crippen LogP contribution in [0, 0.1) is 5.92 Å². The zero-order valence-electron chi connectivity index (χ0n) is 11.5. The van der Waals surface area contributed by atoms with E-state index in [1.807, 2.05) is 4.90 Å². The van der Waals surface area contributed by atoms with Crippen LogP contribution in [0.1, 0.15) is 39.0 Å². The number of piperidine rings is 1. The number of hydrogen-bond acceptors (Lipinski definition) is 3. The molecule has 0 saturated carbocycles. The summed E-state index contributed by atoms with van der Waals surface area (Å²) in [7, 11) is 0. The van der Waals surface area contributed by atoms with Gasteiger partial charge in [-0.15, -0.1) is 0 Å². The van der Waals surface area contributed by atoms with Gasteiger partial charge in [0.2, 0.25) is 5.91 Å². The van der Waals surface area contributed by atoms with Crippen molar-refractivity contribution in [2.45, 2.75) is 45.1 Å². The molecule has 0 aromatic rings. The number of hydrogen-bond donors (Lipinski definition) is 1. The summed E-state index contributed by atoms with van der Waals surface area (Å²) in [4.78, 5) is 16.2. The summed E-state index contributed by atoms with van der Waals surface area (Å²) in [5.41, 5.74) is 0. The van der Waals surface area contributed by atoms with Crippen LogP contribution < -0.4 is 0 Å². The largest absolute Gasteiger partial charge is 0.396 e. The zero-order chi connectivity index (χ0) is 13.0. The Bertz CT molecular complexity index is 283. The summed E-state index contributed by atoms with van der Waals surface area (Å²) in [6.45, 7) is 6.39. The molecule has 1 N–H and O–H groups in total. The SMILES string of the molecule is CC1CCCCN1CCCN1CC(CO)CC1=O. The van der Waals surface area contributed by atoms with E-state index >= 15 is 0 Å². The van der Waals surface area contributed by atoms with Gasteiger partial charge in [0.25, 0.3) is 0 Å². The summed E-state index contributed by atoms with van der Waals surface area (Å²) in [6, 6.07) is 0.707. The van der Waals surface area contributed by atoms with Crippen molar-refractivity contribution in [3.05, 3.63) is 0 Å². The number of nitrogens with zero attached hydrogens (tertiary/aromatic N) is 2. The van der Waals surface area contributed by atoms with E-state index in [1.54, 1.807) is 0 Å². The molecular formula is C14H26N2O2. The van der Waals surface area contributed by atoms with Crippen LogP contribution in [0.5, 0.6) is 0 Å². The summed E-state index contributed by atoms with van der Waals surface area (Å²) in [5, 5.41) is 9.08. The van der Waals surface area contributed by atoms with Crippen LogP contribution in [-0.2, 0) is 4.79 Å². The van der Waals surface area contributed by atoms with Gasteiger partial charge in [0.05, 0.1) is 0 Å². The number of likely N-dealkylation sites (tertiary alicyclic amines) is 2. The number of aliphatic hydroxyl groups excluding tert-OH is 1. The molecule has 0 aliphatic carbocycles. The van der Waals surface area contributed by atoms with Gasteiger partial charge < -0.3 is 14.9 Å². The average Bonchev–Trinajstić information content (AvgIpc) is 2.73. The first-order valence-corrected chi connectivity index (χ1v) is 7.33. The Morgan fingerprint density at radius 1 is 1.33 bits per heavy atom. The molecule has 2 aliphatic rings. The first-order valence-electron chi connectivity index (χ1n) is 7.33. The molecule has 2 aliphatic heterocycles.